The molecular formula is C7H7NOS. The van der Waals surface area contributed by atoms with Crippen LogP contribution in [0.5, 0.6) is 0 Å². The van der Waals surface area contributed by atoms with E-state index in [9.17, 15) is 4.79 Å². The number of nitrogens with zero attached hydrogens (tertiary/aromatic N) is 1. The number of carbonyl (C=O) groups is 1. The topological polar surface area (TPSA) is 30.0 Å². The van der Waals surface area contributed by atoms with Gasteiger partial charge in [0.15, 0.2) is 0 Å². The largest absolute Gasteiger partial charge is 0.299 e. The number of thiazole rings is 1. The van der Waals surface area contributed by atoms with Crippen LogP contribution in [0.4, 0.5) is 0 Å². The molecular weight excluding hydrogens is 146 g/mol. The zero-order valence-electron chi connectivity index (χ0n) is 5.57. The quantitative estimate of drug-likeness (QED) is 0.477. The van der Waals surface area contributed by atoms with Gasteiger partial charge in [0, 0.05) is 11.1 Å². The Balaban J connectivity index is 2.75. The molecule has 0 aromatic carbocycles. The van der Waals surface area contributed by atoms with Crippen molar-refractivity contribution in [3.05, 3.63) is 22.2 Å². The SMILES string of the molecule is Cc1ncc(/C=C/C=O)s1. The summed E-state index contributed by atoms with van der Waals surface area (Å²) in [4.78, 5) is 14.9. The van der Waals surface area contributed by atoms with Gasteiger partial charge in [-0.3, -0.25) is 4.79 Å². The second-order valence-corrected chi connectivity index (χ2v) is 3.04. The standard InChI is InChI=1S/C7H7NOS/c1-6-8-5-7(10-6)3-2-4-9/h2-5H,1H3/b3-2+. The predicted octanol–water partition coefficient (Wildman–Crippen LogP) is 1.66. The molecule has 0 saturated heterocycles. The molecule has 2 nitrogen and oxygen atoms in total. The minimum Gasteiger partial charge on any atom is -0.299 e. The number of aryl methyl sites for hydroxylation is 1. The Morgan fingerprint density at radius 1 is 1.70 bits per heavy atom. The average Bonchev–Trinajstić information content (AvgIpc) is 2.31. The van der Waals surface area contributed by atoms with Crippen molar-refractivity contribution in [2.75, 3.05) is 0 Å². The summed E-state index contributed by atoms with van der Waals surface area (Å²) in [6.45, 7) is 1.93. The van der Waals surface area contributed by atoms with Gasteiger partial charge in [0.1, 0.15) is 6.29 Å². The highest BCUT2D eigenvalue weighted by atomic mass is 32.1. The lowest BCUT2D eigenvalue weighted by Crippen LogP contribution is -1.59. The highest BCUT2D eigenvalue weighted by Crippen LogP contribution is 2.12. The van der Waals surface area contributed by atoms with Crippen LogP contribution in [0.3, 0.4) is 0 Å². The first-order chi connectivity index (χ1) is 4.83. The fraction of sp³-hybridized carbons (Fsp3) is 0.143. The van der Waals surface area contributed by atoms with Crippen molar-refractivity contribution in [1.29, 1.82) is 0 Å². The minimum absolute atomic E-state index is 0.759. The van der Waals surface area contributed by atoms with Gasteiger partial charge in [-0.1, -0.05) is 0 Å². The van der Waals surface area contributed by atoms with Crippen LogP contribution in [-0.2, 0) is 4.79 Å². The van der Waals surface area contributed by atoms with E-state index in [1.165, 1.54) is 6.08 Å². The number of rotatable bonds is 2. The summed E-state index contributed by atoms with van der Waals surface area (Å²) in [5.74, 6) is 0. The summed E-state index contributed by atoms with van der Waals surface area (Å²) >= 11 is 1.57. The monoisotopic (exact) mass is 153 g/mol. The molecule has 0 aliphatic rings. The summed E-state index contributed by atoms with van der Waals surface area (Å²) < 4.78 is 0. The average molecular weight is 153 g/mol. The maximum atomic E-state index is 9.88. The van der Waals surface area contributed by atoms with Crippen molar-refractivity contribution in [1.82, 2.24) is 4.98 Å². The summed E-state index contributed by atoms with van der Waals surface area (Å²) in [5, 5.41) is 1.02. The predicted molar refractivity (Wildman–Crippen MR) is 41.9 cm³/mol. The van der Waals surface area contributed by atoms with E-state index in [1.54, 1.807) is 23.6 Å². The van der Waals surface area contributed by atoms with Crippen LogP contribution in [0.1, 0.15) is 9.88 Å². The first kappa shape index (κ1) is 7.15. The van der Waals surface area contributed by atoms with Gasteiger partial charge in [-0.2, -0.15) is 0 Å². The highest BCUT2D eigenvalue weighted by Gasteiger charge is 1.90. The molecule has 0 N–H and O–H groups in total. The Labute approximate surface area is 63.2 Å². The summed E-state index contributed by atoms with van der Waals surface area (Å²) in [6, 6.07) is 0. The number of aromatic nitrogens is 1. The molecule has 1 aromatic heterocycles. The number of aldehydes is 1. The van der Waals surface area contributed by atoms with Crippen LogP contribution in [-0.4, -0.2) is 11.3 Å². The van der Waals surface area contributed by atoms with Crippen molar-refractivity contribution in [3.63, 3.8) is 0 Å². The van der Waals surface area contributed by atoms with E-state index in [2.05, 4.69) is 4.98 Å². The molecule has 0 spiro atoms. The van der Waals surface area contributed by atoms with Crippen LogP contribution >= 0.6 is 11.3 Å². The molecule has 0 amide bonds. The Morgan fingerprint density at radius 3 is 3.00 bits per heavy atom. The maximum absolute atomic E-state index is 9.88. The Kier molecular flexibility index (Phi) is 2.34. The van der Waals surface area contributed by atoms with E-state index in [0.717, 1.165) is 16.2 Å². The molecule has 10 heavy (non-hydrogen) atoms. The fourth-order valence-corrected chi connectivity index (χ4v) is 1.29. The van der Waals surface area contributed by atoms with Gasteiger partial charge >= 0.3 is 0 Å². The zero-order chi connectivity index (χ0) is 7.40. The lowest BCUT2D eigenvalue weighted by atomic mass is 10.5. The number of hydrogen-bond donors (Lipinski definition) is 0. The van der Waals surface area contributed by atoms with Crippen LogP contribution in [0.2, 0.25) is 0 Å². The molecule has 1 rings (SSSR count). The first-order valence-electron chi connectivity index (χ1n) is 2.87. The molecule has 52 valence electrons. The third-order valence-corrected chi connectivity index (χ3v) is 1.86. The van der Waals surface area contributed by atoms with Crippen molar-refractivity contribution < 1.29 is 4.79 Å². The van der Waals surface area contributed by atoms with Gasteiger partial charge < -0.3 is 0 Å². The third-order valence-electron chi connectivity index (χ3n) is 0.978. The van der Waals surface area contributed by atoms with Crippen LogP contribution in [0.15, 0.2) is 12.3 Å². The normalized spacial score (nSPS) is 10.5. The lowest BCUT2D eigenvalue weighted by molar-refractivity contribution is -0.104. The lowest BCUT2D eigenvalue weighted by Gasteiger charge is -1.74. The summed E-state index contributed by atoms with van der Waals surface area (Å²) in [7, 11) is 0. The van der Waals surface area contributed by atoms with Gasteiger partial charge in [0.05, 0.1) is 5.01 Å². The van der Waals surface area contributed by atoms with E-state index in [-0.39, 0.29) is 0 Å². The van der Waals surface area contributed by atoms with Crippen LogP contribution in [0, 0.1) is 6.92 Å². The Morgan fingerprint density at radius 2 is 2.50 bits per heavy atom. The highest BCUT2D eigenvalue weighted by molar-refractivity contribution is 7.12. The van der Waals surface area contributed by atoms with E-state index in [4.69, 9.17) is 0 Å². The van der Waals surface area contributed by atoms with Crippen molar-refractivity contribution in [2.24, 2.45) is 0 Å². The zero-order valence-corrected chi connectivity index (χ0v) is 6.39. The van der Waals surface area contributed by atoms with Gasteiger partial charge in [-0.25, -0.2) is 4.98 Å². The van der Waals surface area contributed by atoms with Crippen molar-refractivity contribution in [3.8, 4) is 0 Å². The molecule has 0 aliphatic heterocycles. The molecule has 1 heterocycles. The van der Waals surface area contributed by atoms with E-state index >= 15 is 0 Å². The van der Waals surface area contributed by atoms with Crippen molar-refractivity contribution in [2.45, 2.75) is 6.92 Å². The van der Waals surface area contributed by atoms with E-state index in [0.29, 0.717) is 0 Å². The smallest absolute Gasteiger partial charge is 0.142 e. The molecule has 0 unspecified atom stereocenters. The number of hydrogen-bond acceptors (Lipinski definition) is 3. The van der Waals surface area contributed by atoms with Gasteiger partial charge in [0.2, 0.25) is 0 Å². The molecule has 0 fully saturated rings. The molecule has 0 radical (unpaired) electrons. The summed E-state index contributed by atoms with van der Waals surface area (Å²) in [5.41, 5.74) is 0. The van der Waals surface area contributed by atoms with Gasteiger partial charge in [0.25, 0.3) is 0 Å². The third kappa shape index (κ3) is 1.77. The molecule has 3 heteroatoms. The second kappa shape index (κ2) is 3.27. The molecule has 0 aliphatic carbocycles. The summed E-state index contributed by atoms with van der Waals surface area (Å²) in [6.07, 6.45) is 5.72. The Hall–Kier alpha value is -0.960. The van der Waals surface area contributed by atoms with Crippen LogP contribution in [0.25, 0.3) is 6.08 Å². The maximum Gasteiger partial charge on any atom is 0.142 e. The Bertz CT molecular complexity index is 252. The number of allylic oxidation sites excluding steroid dienone is 1. The second-order valence-electron chi connectivity index (χ2n) is 1.78. The molecule has 1 aromatic rings. The molecule has 0 atom stereocenters. The van der Waals surface area contributed by atoms with Gasteiger partial charge in [-0.15, -0.1) is 11.3 Å². The fourth-order valence-electron chi connectivity index (χ4n) is 0.589. The number of carbonyl (C=O) groups excluding carboxylic acids is 1. The van der Waals surface area contributed by atoms with Gasteiger partial charge in [-0.05, 0) is 19.1 Å². The van der Waals surface area contributed by atoms with Crippen LogP contribution < -0.4 is 0 Å². The molecule has 0 saturated carbocycles. The van der Waals surface area contributed by atoms with Crippen molar-refractivity contribution >= 4 is 23.7 Å². The minimum atomic E-state index is 0.759. The van der Waals surface area contributed by atoms with E-state index < -0.39 is 0 Å². The molecule has 0 bridgehead atoms. The first-order valence-corrected chi connectivity index (χ1v) is 3.69. The van der Waals surface area contributed by atoms with E-state index in [1.807, 2.05) is 6.92 Å².